The summed E-state index contributed by atoms with van der Waals surface area (Å²) in [5.74, 6) is 0.789. The van der Waals surface area contributed by atoms with Gasteiger partial charge in [0.25, 0.3) is 0 Å². The number of rotatable bonds is 9. The molecule has 4 nitrogen and oxygen atoms in total. The molecule has 0 spiro atoms. The number of benzene rings is 1. The SMILES string of the molecule is CCNCc1cc(COCCCc2ccccc2)on1. The third-order valence-corrected chi connectivity index (χ3v) is 3.01. The highest BCUT2D eigenvalue weighted by atomic mass is 16.5. The van der Waals surface area contributed by atoms with E-state index in [9.17, 15) is 0 Å². The fourth-order valence-electron chi connectivity index (χ4n) is 1.96. The zero-order valence-electron chi connectivity index (χ0n) is 12.0. The van der Waals surface area contributed by atoms with Crippen LogP contribution in [0, 0.1) is 0 Å². The number of hydrogen-bond donors (Lipinski definition) is 1. The molecule has 4 heteroatoms. The molecular formula is C16H22N2O2. The van der Waals surface area contributed by atoms with Crippen LogP contribution in [0.2, 0.25) is 0 Å². The zero-order valence-corrected chi connectivity index (χ0v) is 12.0. The van der Waals surface area contributed by atoms with Crippen molar-refractivity contribution < 1.29 is 9.26 Å². The fourth-order valence-corrected chi connectivity index (χ4v) is 1.96. The van der Waals surface area contributed by atoms with Gasteiger partial charge < -0.3 is 14.6 Å². The van der Waals surface area contributed by atoms with Crippen molar-refractivity contribution in [3.63, 3.8) is 0 Å². The van der Waals surface area contributed by atoms with Gasteiger partial charge in [0, 0.05) is 19.2 Å². The molecule has 0 unspecified atom stereocenters. The molecule has 0 aliphatic heterocycles. The van der Waals surface area contributed by atoms with Crippen LogP contribution < -0.4 is 5.32 Å². The van der Waals surface area contributed by atoms with Crippen LogP contribution in [0.25, 0.3) is 0 Å². The van der Waals surface area contributed by atoms with Crippen LogP contribution in [0.1, 0.15) is 30.4 Å². The van der Waals surface area contributed by atoms with Crippen LogP contribution in [-0.4, -0.2) is 18.3 Å². The number of nitrogens with one attached hydrogen (secondary N) is 1. The highest BCUT2D eigenvalue weighted by molar-refractivity contribution is 5.14. The summed E-state index contributed by atoms with van der Waals surface area (Å²) in [6.07, 6.45) is 2.06. The monoisotopic (exact) mass is 274 g/mol. The van der Waals surface area contributed by atoms with Gasteiger partial charge in [0.2, 0.25) is 0 Å². The molecule has 1 N–H and O–H groups in total. The van der Waals surface area contributed by atoms with Crippen LogP contribution in [0.3, 0.4) is 0 Å². The maximum absolute atomic E-state index is 5.61. The zero-order chi connectivity index (χ0) is 14.0. The van der Waals surface area contributed by atoms with E-state index in [0.717, 1.165) is 44.0 Å². The van der Waals surface area contributed by atoms with E-state index >= 15 is 0 Å². The fraction of sp³-hybridized carbons (Fsp3) is 0.438. The van der Waals surface area contributed by atoms with Gasteiger partial charge in [0.05, 0.1) is 5.69 Å². The number of hydrogen-bond acceptors (Lipinski definition) is 4. The Morgan fingerprint density at radius 2 is 2.10 bits per heavy atom. The van der Waals surface area contributed by atoms with Crippen molar-refractivity contribution >= 4 is 0 Å². The van der Waals surface area contributed by atoms with Crippen LogP contribution in [0.4, 0.5) is 0 Å². The Hall–Kier alpha value is -1.65. The maximum atomic E-state index is 5.61. The van der Waals surface area contributed by atoms with Gasteiger partial charge in [-0.25, -0.2) is 0 Å². The largest absolute Gasteiger partial charge is 0.373 e. The minimum atomic E-state index is 0.494. The first kappa shape index (κ1) is 14.8. The van der Waals surface area contributed by atoms with Gasteiger partial charge in [-0.1, -0.05) is 42.4 Å². The second kappa shape index (κ2) is 8.51. The van der Waals surface area contributed by atoms with E-state index in [-0.39, 0.29) is 0 Å². The van der Waals surface area contributed by atoms with Crippen molar-refractivity contribution in [2.75, 3.05) is 13.2 Å². The van der Waals surface area contributed by atoms with Gasteiger partial charge >= 0.3 is 0 Å². The maximum Gasteiger partial charge on any atom is 0.162 e. The van der Waals surface area contributed by atoms with E-state index in [2.05, 4.69) is 41.7 Å². The Morgan fingerprint density at radius 1 is 1.25 bits per heavy atom. The molecule has 0 saturated heterocycles. The van der Waals surface area contributed by atoms with Gasteiger partial charge in [0.15, 0.2) is 5.76 Å². The molecule has 20 heavy (non-hydrogen) atoms. The molecule has 0 atom stereocenters. The summed E-state index contributed by atoms with van der Waals surface area (Å²) < 4.78 is 10.8. The Bertz CT molecular complexity index is 482. The molecule has 0 amide bonds. The highest BCUT2D eigenvalue weighted by Gasteiger charge is 2.03. The lowest BCUT2D eigenvalue weighted by atomic mass is 10.1. The van der Waals surface area contributed by atoms with E-state index in [1.54, 1.807) is 0 Å². The normalized spacial score (nSPS) is 10.8. The summed E-state index contributed by atoms with van der Waals surface area (Å²) >= 11 is 0. The predicted molar refractivity (Wildman–Crippen MR) is 78.3 cm³/mol. The number of nitrogens with zero attached hydrogens (tertiary/aromatic N) is 1. The van der Waals surface area contributed by atoms with E-state index in [1.165, 1.54) is 5.56 Å². The van der Waals surface area contributed by atoms with Gasteiger partial charge in [0.1, 0.15) is 6.61 Å². The quantitative estimate of drug-likeness (QED) is 0.714. The molecule has 0 saturated carbocycles. The number of ether oxygens (including phenoxy) is 1. The second-order valence-corrected chi connectivity index (χ2v) is 4.71. The summed E-state index contributed by atoms with van der Waals surface area (Å²) in [5, 5.41) is 7.19. The Labute approximate surface area is 120 Å². The first-order valence-corrected chi connectivity index (χ1v) is 7.15. The summed E-state index contributed by atoms with van der Waals surface area (Å²) in [5.41, 5.74) is 2.28. The molecule has 1 aromatic heterocycles. The van der Waals surface area contributed by atoms with E-state index in [1.807, 2.05) is 12.1 Å². The Morgan fingerprint density at radius 3 is 2.90 bits per heavy atom. The molecule has 1 aromatic carbocycles. The minimum Gasteiger partial charge on any atom is -0.373 e. The van der Waals surface area contributed by atoms with Crippen molar-refractivity contribution in [2.45, 2.75) is 32.9 Å². The average molecular weight is 274 g/mol. The number of aromatic nitrogens is 1. The molecule has 0 fully saturated rings. The molecule has 0 aliphatic carbocycles. The van der Waals surface area contributed by atoms with Crippen molar-refractivity contribution in [1.29, 1.82) is 0 Å². The summed E-state index contributed by atoms with van der Waals surface area (Å²) in [6, 6.07) is 12.4. The van der Waals surface area contributed by atoms with Gasteiger partial charge in [-0.15, -0.1) is 0 Å². The molecule has 108 valence electrons. The predicted octanol–water partition coefficient (Wildman–Crippen LogP) is 2.93. The van der Waals surface area contributed by atoms with Gasteiger partial charge in [-0.3, -0.25) is 0 Å². The first-order valence-electron chi connectivity index (χ1n) is 7.15. The number of aryl methyl sites for hydroxylation is 1. The average Bonchev–Trinajstić information content (AvgIpc) is 2.94. The van der Waals surface area contributed by atoms with Crippen LogP contribution in [0.15, 0.2) is 40.9 Å². The lowest BCUT2D eigenvalue weighted by Gasteiger charge is -2.02. The highest BCUT2D eigenvalue weighted by Crippen LogP contribution is 2.06. The van der Waals surface area contributed by atoms with Crippen LogP contribution in [0.5, 0.6) is 0 Å². The Balaban J connectivity index is 1.60. The van der Waals surface area contributed by atoms with Gasteiger partial charge in [-0.2, -0.15) is 0 Å². The van der Waals surface area contributed by atoms with Gasteiger partial charge in [-0.05, 0) is 24.9 Å². The van der Waals surface area contributed by atoms with Crippen molar-refractivity contribution in [3.8, 4) is 0 Å². The first-order chi connectivity index (χ1) is 9.88. The van der Waals surface area contributed by atoms with E-state index < -0.39 is 0 Å². The summed E-state index contributed by atoms with van der Waals surface area (Å²) in [4.78, 5) is 0. The van der Waals surface area contributed by atoms with Crippen molar-refractivity contribution in [3.05, 3.63) is 53.4 Å². The van der Waals surface area contributed by atoms with E-state index in [0.29, 0.717) is 6.61 Å². The van der Waals surface area contributed by atoms with Crippen LogP contribution >= 0.6 is 0 Å². The summed E-state index contributed by atoms with van der Waals surface area (Å²) in [7, 11) is 0. The standard InChI is InChI=1S/C16H22N2O2/c1-2-17-12-15-11-16(20-18-15)13-19-10-6-9-14-7-4-3-5-8-14/h3-5,7-8,11,17H,2,6,9-10,12-13H2,1H3. The third kappa shape index (κ3) is 5.15. The topological polar surface area (TPSA) is 47.3 Å². The molecule has 1 heterocycles. The lowest BCUT2D eigenvalue weighted by Crippen LogP contribution is -2.11. The van der Waals surface area contributed by atoms with Crippen molar-refractivity contribution in [1.82, 2.24) is 10.5 Å². The molecule has 0 bridgehead atoms. The van der Waals surface area contributed by atoms with E-state index in [4.69, 9.17) is 9.26 Å². The molecular weight excluding hydrogens is 252 g/mol. The second-order valence-electron chi connectivity index (χ2n) is 4.71. The summed E-state index contributed by atoms with van der Waals surface area (Å²) in [6.45, 7) is 4.97. The molecule has 2 aromatic rings. The lowest BCUT2D eigenvalue weighted by molar-refractivity contribution is 0.0992. The third-order valence-electron chi connectivity index (χ3n) is 3.01. The van der Waals surface area contributed by atoms with Crippen LogP contribution in [-0.2, 0) is 24.3 Å². The molecule has 0 aliphatic rings. The van der Waals surface area contributed by atoms with Crippen molar-refractivity contribution in [2.24, 2.45) is 0 Å². The smallest absolute Gasteiger partial charge is 0.162 e. The molecule has 2 rings (SSSR count). The Kier molecular flexibility index (Phi) is 6.27. The molecule has 0 radical (unpaired) electrons. The minimum absolute atomic E-state index is 0.494.